The summed E-state index contributed by atoms with van der Waals surface area (Å²) < 4.78 is 11.4. The Morgan fingerprint density at radius 1 is 1.26 bits per heavy atom. The van der Waals surface area contributed by atoms with Gasteiger partial charge in [0.05, 0.1) is 23.7 Å². The van der Waals surface area contributed by atoms with Gasteiger partial charge in [0.2, 0.25) is 0 Å². The monoisotopic (exact) mass is 549 g/mol. The molecular weight excluding hydrogens is 526 g/mol. The van der Waals surface area contributed by atoms with Gasteiger partial charge < -0.3 is 24.6 Å². The van der Waals surface area contributed by atoms with Gasteiger partial charge in [-0.3, -0.25) is 9.89 Å². The zero-order chi connectivity index (χ0) is 24.6. The van der Waals surface area contributed by atoms with Crippen molar-refractivity contribution in [3.8, 4) is 28.5 Å². The molecule has 1 aliphatic heterocycles. The van der Waals surface area contributed by atoms with E-state index in [2.05, 4.69) is 26.1 Å². The number of rotatable bonds is 8. The first-order valence-corrected chi connectivity index (χ1v) is 12.0. The van der Waals surface area contributed by atoms with Crippen molar-refractivity contribution in [1.29, 1.82) is 0 Å². The molecule has 0 saturated carbocycles. The van der Waals surface area contributed by atoms with Gasteiger partial charge in [0, 0.05) is 29.3 Å². The Morgan fingerprint density at radius 3 is 2.74 bits per heavy atom. The third kappa shape index (κ3) is 4.47. The van der Waals surface area contributed by atoms with Gasteiger partial charge in [-0.25, -0.2) is 0 Å². The SMILES string of the molecule is COc1cc(C2c3c(-c4cc(Cl)ccc4O)n[nH]c3C(=O)N2CCCOC(C)C)cc(Br)c1O. The zero-order valence-corrected chi connectivity index (χ0v) is 21.3. The first-order valence-electron chi connectivity index (χ1n) is 10.8. The van der Waals surface area contributed by atoms with Crippen LogP contribution in [0.15, 0.2) is 34.8 Å². The lowest BCUT2D eigenvalue weighted by Gasteiger charge is -2.27. The summed E-state index contributed by atoms with van der Waals surface area (Å²) in [7, 11) is 1.46. The molecule has 2 heterocycles. The normalized spacial score (nSPS) is 15.3. The maximum absolute atomic E-state index is 13.4. The highest BCUT2D eigenvalue weighted by Crippen LogP contribution is 2.47. The fourth-order valence-corrected chi connectivity index (χ4v) is 4.77. The molecular formula is C24H25BrClN3O5. The van der Waals surface area contributed by atoms with E-state index in [-0.39, 0.29) is 29.3 Å². The van der Waals surface area contributed by atoms with E-state index in [1.807, 2.05) is 13.8 Å². The van der Waals surface area contributed by atoms with Gasteiger partial charge in [-0.2, -0.15) is 5.10 Å². The summed E-state index contributed by atoms with van der Waals surface area (Å²) in [6.45, 7) is 4.86. The predicted molar refractivity (Wildman–Crippen MR) is 132 cm³/mol. The van der Waals surface area contributed by atoms with E-state index in [1.54, 1.807) is 29.2 Å². The topological polar surface area (TPSA) is 108 Å². The summed E-state index contributed by atoms with van der Waals surface area (Å²) in [5.74, 6) is 0.0164. The van der Waals surface area contributed by atoms with Crippen LogP contribution in [0.2, 0.25) is 5.02 Å². The molecule has 34 heavy (non-hydrogen) atoms. The van der Waals surface area contributed by atoms with Crippen LogP contribution in [0.4, 0.5) is 0 Å². The molecule has 0 bridgehead atoms. The number of benzene rings is 2. The standard InChI is InChI=1S/C24H25BrClN3O5/c1-12(2)34-8-4-7-29-22(13-9-16(25)23(31)18(10-13)33-3)19-20(27-28-21(19)24(29)32)15-11-14(26)5-6-17(15)30/h5-6,9-12,22,30-31H,4,7-8H2,1-3H3,(H,27,28). The second kappa shape index (κ2) is 9.85. The number of H-pyrrole nitrogens is 1. The Morgan fingerprint density at radius 2 is 2.03 bits per heavy atom. The quantitative estimate of drug-likeness (QED) is 0.330. The minimum atomic E-state index is -0.542. The number of aromatic hydroxyl groups is 2. The minimum absolute atomic E-state index is 0.00171. The molecule has 1 amide bonds. The number of nitrogens with zero attached hydrogens (tertiary/aromatic N) is 2. The molecule has 3 N–H and O–H groups in total. The van der Waals surface area contributed by atoms with Crippen molar-refractivity contribution in [2.45, 2.75) is 32.4 Å². The van der Waals surface area contributed by atoms with Crippen molar-refractivity contribution < 1.29 is 24.5 Å². The van der Waals surface area contributed by atoms with E-state index in [4.69, 9.17) is 21.1 Å². The number of phenolic OH excluding ortho intramolecular Hbond substituents is 2. The number of halogens is 2. The van der Waals surface area contributed by atoms with E-state index in [1.165, 1.54) is 13.2 Å². The number of ether oxygens (including phenoxy) is 2. The van der Waals surface area contributed by atoms with Crippen LogP contribution < -0.4 is 4.74 Å². The van der Waals surface area contributed by atoms with E-state index < -0.39 is 6.04 Å². The number of amides is 1. The summed E-state index contributed by atoms with van der Waals surface area (Å²) in [5.41, 5.74) is 2.51. The van der Waals surface area contributed by atoms with Crippen molar-refractivity contribution in [2.75, 3.05) is 20.3 Å². The van der Waals surface area contributed by atoms with Crippen LogP contribution in [0.1, 0.15) is 47.9 Å². The highest BCUT2D eigenvalue weighted by Gasteiger charge is 2.42. The fraction of sp³-hybridized carbons (Fsp3) is 0.333. The number of aromatic nitrogens is 2. The average Bonchev–Trinajstić information content (AvgIpc) is 3.33. The van der Waals surface area contributed by atoms with Gasteiger partial charge in [0.15, 0.2) is 11.5 Å². The van der Waals surface area contributed by atoms with Gasteiger partial charge in [0.25, 0.3) is 5.91 Å². The molecule has 3 aromatic rings. The number of hydrogen-bond donors (Lipinski definition) is 3. The second-order valence-corrected chi connectivity index (χ2v) is 9.54. The summed E-state index contributed by atoms with van der Waals surface area (Å²) in [6.07, 6.45) is 0.725. The average molecular weight is 551 g/mol. The van der Waals surface area contributed by atoms with E-state index in [0.29, 0.717) is 57.1 Å². The number of nitrogens with one attached hydrogen (secondary N) is 1. The third-order valence-electron chi connectivity index (χ3n) is 5.66. The molecule has 0 aliphatic carbocycles. The van der Waals surface area contributed by atoms with Gasteiger partial charge >= 0.3 is 0 Å². The van der Waals surface area contributed by atoms with Gasteiger partial charge in [-0.15, -0.1) is 0 Å². The summed E-state index contributed by atoms with van der Waals surface area (Å²) >= 11 is 9.57. The van der Waals surface area contributed by atoms with Crippen molar-refractivity contribution in [1.82, 2.24) is 15.1 Å². The fourth-order valence-electron chi connectivity index (χ4n) is 4.14. The van der Waals surface area contributed by atoms with Gasteiger partial charge in [0.1, 0.15) is 17.1 Å². The molecule has 1 atom stereocenters. The lowest BCUT2D eigenvalue weighted by atomic mass is 9.95. The number of carbonyl (C=O) groups excluding carboxylic acids is 1. The number of methoxy groups -OCH3 is 1. The molecule has 0 radical (unpaired) electrons. The summed E-state index contributed by atoms with van der Waals surface area (Å²) in [5, 5.41) is 28.5. The molecule has 2 aromatic carbocycles. The van der Waals surface area contributed by atoms with E-state index in [0.717, 1.165) is 0 Å². The van der Waals surface area contributed by atoms with Gasteiger partial charge in [-0.05, 0) is 72.1 Å². The Balaban J connectivity index is 1.84. The van der Waals surface area contributed by atoms with Crippen molar-refractivity contribution >= 4 is 33.4 Å². The Hall–Kier alpha value is -2.75. The number of phenols is 2. The summed E-state index contributed by atoms with van der Waals surface area (Å²) in [4.78, 5) is 15.2. The van der Waals surface area contributed by atoms with Crippen molar-refractivity contribution in [3.63, 3.8) is 0 Å². The molecule has 0 saturated heterocycles. The molecule has 10 heteroatoms. The second-order valence-electron chi connectivity index (χ2n) is 8.25. The Labute approximate surface area is 210 Å². The molecule has 8 nitrogen and oxygen atoms in total. The summed E-state index contributed by atoms with van der Waals surface area (Å²) in [6, 6.07) is 7.59. The van der Waals surface area contributed by atoms with E-state index >= 15 is 0 Å². The smallest absolute Gasteiger partial charge is 0.273 e. The third-order valence-corrected chi connectivity index (χ3v) is 6.50. The van der Waals surface area contributed by atoms with Crippen molar-refractivity contribution in [3.05, 3.63) is 56.6 Å². The zero-order valence-electron chi connectivity index (χ0n) is 18.9. The number of aromatic amines is 1. The van der Waals surface area contributed by atoms with Crippen LogP contribution in [-0.4, -0.2) is 57.6 Å². The van der Waals surface area contributed by atoms with Crippen LogP contribution in [0.5, 0.6) is 17.2 Å². The highest BCUT2D eigenvalue weighted by atomic mass is 79.9. The Kier molecular flexibility index (Phi) is 7.06. The molecule has 1 aliphatic rings. The van der Waals surface area contributed by atoms with Crippen LogP contribution >= 0.6 is 27.5 Å². The minimum Gasteiger partial charge on any atom is -0.507 e. The number of fused-ring (bicyclic) bond motifs is 1. The predicted octanol–water partition coefficient (Wildman–Crippen LogP) is 5.27. The molecule has 0 fully saturated rings. The lowest BCUT2D eigenvalue weighted by molar-refractivity contribution is 0.0601. The van der Waals surface area contributed by atoms with Crippen LogP contribution in [0.3, 0.4) is 0 Å². The molecule has 0 spiro atoms. The van der Waals surface area contributed by atoms with Crippen LogP contribution in [0.25, 0.3) is 11.3 Å². The van der Waals surface area contributed by atoms with Crippen LogP contribution in [-0.2, 0) is 4.74 Å². The number of carbonyl (C=O) groups is 1. The molecule has 1 aromatic heterocycles. The lowest BCUT2D eigenvalue weighted by Crippen LogP contribution is -2.31. The maximum atomic E-state index is 13.4. The molecule has 1 unspecified atom stereocenters. The number of hydrogen-bond acceptors (Lipinski definition) is 6. The van der Waals surface area contributed by atoms with Gasteiger partial charge in [-0.1, -0.05) is 11.6 Å². The van der Waals surface area contributed by atoms with Crippen LogP contribution in [0, 0.1) is 0 Å². The molecule has 180 valence electrons. The maximum Gasteiger partial charge on any atom is 0.273 e. The first-order chi connectivity index (χ1) is 16.2. The largest absolute Gasteiger partial charge is 0.507 e. The van der Waals surface area contributed by atoms with E-state index in [9.17, 15) is 15.0 Å². The highest BCUT2D eigenvalue weighted by molar-refractivity contribution is 9.10. The molecule has 4 rings (SSSR count). The van der Waals surface area contributed by atoms with Crippen molar-refractivity contribution in [2.24, 2.45) is 0 Å². The first kappa shape index (κ1) is 24.4. The Bertz CT molecular complexity index is 1230.